The van der Waals surface area contributed by atoms with Gasteiger partial charge in [-0.1, -0.05) is 0 Å². The molecule has 0 radical (unpaired) electrons. The Kier molecular flexibility index (Phi) is 1.86. The first-order valence-electron chi connectivity index (χ1n) is 2.65. The van der Waals surface area contributed by atoms with Gasteiger partial charge in [0, 0.05) is 0 Å². The van der Waals surface area contributed by atoms with Gasteiger partial charge < -0.3 is 10.1 Å². The highest BCUT2D eigenvalue weighted by atomic mass is 16.6. The molecule has 0 fully saturated rings. The molecule has 0 aliphatic carbocycles. The summed E-state index contributed by atoms with van der Waals surface area (Å²) >= 11 is 0. The van der Waals surface area contributed by atoms with Gasteiger partial charge in [0.15, 0.2) is 12.5 Å². The summed E-state index contributed by atoms with van der Waals surface area (Å²) in [7, 11) is 0. The Hall–Kier alpha value is -1.85. The lowest BCUT2D eigenvalue weighted by molar-refractivity contribution is -0.389. The van der Waals surface area contributed by atoms with Crippen molar-refractivity contribution >= 4 is 12.1 Å². The van der Waals surface area contributed by atoms with Gasteiger partial charge in [0.2, 0.25) is 0 Å². The van der Waals surface area contributed by atoms with Crippen molar-refractivity contribution in [3.63, 3.8) is 0 Å². The molecule has 0 amide bonds. The third-order valence-electron chi connectivity index (χ3n) is 0.966. The summed E-state index contributed by atoms with van der Waals surface area (Å²) in [6.07, 6.45) is 2.45. The predicted octanol–water partition coefficient (Wildman–Crippen LogP) is 0.197. The van der Waals surface area contributed by atoms with E-state index in [0.717, 1.165) is 12.4 Å². The number of carbonyl (C=O) groups excluding carboxylic acids is 1. The molecule has 0 saturated heterocycles. The van der Waals surface area contributed by atoms with Crippen LogP contribution in [-0.2, 0) is 0 Å². The van der Waals surface area contributed by atoms with Crippen LogP contribution in [-0.4, -0.2) is 21.2 Å². The van der Waals surface area contributed by atoms with Crippen molar-refractivity contribution < 1.29 is 9.72 Å². The maximum absolute atomic E-state index is 10.0. The molecule has 0 aliphatic heterocycles. The van der Waals surface area contributed by atoms with Gasteiger partial charge in [0.05, 0.1) is 0 Å². The second-order valence-corrected chi connectivity index (χ2v) is 1.67. The van der Waals surface area contributed by atoms with Gasteiger partial charge in [-0.05, 0) is 9.91 Å². The molecule has 0 N–H and O–H groups in total. The summed E-state index contributed by atoms with van der Waals surface area (Å²) < 4.78 is 0. The maximum atomic E-state index is 10.0. The Morgan fingerprint density at radius 3 is 2.55 bits per heavy atom. The molecule has 1 aromatic rings. The third kappa shape index (κ3) is 1.54. The predicted molar refractivity (Wildman–Crippen MR) is 34.1 cm³/mol. The molecule has 0 aromatic carbocycles. The van der Waals surface area contributed by atoms with Crippen LogP contribution in [0.1, 0.15) is 10.5 Å². The van der Waals surface area contributed by atoms with E-state index in [-0.39, 0.29) is 11.5 Å². The summed E-state index contributed by atoms with van der Waals surface area (Å²) in [5.74, 6) is -0.365. The van der Waals surface area contributed by atoms with E-state index in [1.807, 2.05) is 0 Å². The molecule has 6 nitrogen and oxygen atoms in total. The van der Waals surface area contributed by atoms with Crippen LogP contribution in [0, 0.1) is 10.1 Å². The topological polar surface area (TPSA) is 86.0 Å². The van der Waals surface area contributed by atoms with Crippen LogP contribution in [0.2, 0.25) is 0 Å². The summed E-state index contributed by atoms with van der Waals surface area (Å²) in [6, 6.07) is 0. The molecule has 0 bridgehead atoms. The second kappa shape index (κ2) is 2.82. The van der Waals surface area contributed by atoms with Crippen molar-refractivity contribution in [2.45, 2.75) is 0 Å². The number of carbonyl (C=O) groups is 1. The molecular formula is C5H3N3O3. The first-order chi connectivity index (χ1) is 5.24. The number of rotatable bonds is 2. The van der Waals surface area contributed by atoms with Crippen molar-refractivity contribution in [3.8, 4) is 0 Å². The molecule has 0 aliphatic rings. The van der Waals surface area contributed by atoms with Crippen LogP contribution < -0.4 is 0 Å². The molecule has 1 heterocycles. The smallest absolute Gasteiger partial charge is 0.358 e. The second-order valence-electron chi connectivity index (χ2n) is 1.67. The summed E-state index contributed by atoms with van der Waals surface area (Å²) in [4.78, 5) is 26.2. The van der Waals surface area contributed by atoms with Gasteiger partial charge in [-0.15, -0.1) is 0 Å². The van der Waals surface area contributed by atoms with Crippen LogP contribution >= 0.6 is 0 Å². The first-order valence-corrected chi connectivity index (χ1v) is 2.65. The van der Waals surface area contributed by atoms with Crippen LogP contribution in [0.3, 0.4) is 0 Å². The quantitative estimate of drug-likeness (QED) is 0.344. The minimum atomic E-state index is -0.679. The molecular weight excluding hydrogens is 150 g/mol. The number of aromatic nitrogens is 2. The molecule has 0 spiro atoms. The molecule has 0 unspecified atom stereocenters. The number of aldehydes is 1. The van der Waals surface area contributed by atoms with E-state index in [4.69, 9.17) is 0 Å². The van der Waals surface area contributed by atoms with E-state index < -0.39 is 4.92 Å². The van der Waals surface area contributed by atoms with Crippen molar-refractivity contribution in [1.82, 2.24) is 9.97 Å². The first kappa shape index (κ1) is 7.26. The normalized spacial score (nSPS) is 9.09. The van der Waals surface area contributed by atoms with E-state index >= 15 is 0 Å². The fourth-order valence-corrected chi connectivity index (χ4v) is 0.486. The highest BCUT2D eigenvalue weighted by Crippen LogP contribution is 2.01. The zero-order valence-corrected chi connectivity index (χ0v) is 5.30. The van der Waals surface area contributed by atoms with Gasteiger partial charge in [0.1, 0.15) is 11.9 Å². The Bertz CT molecular complexity index is 282. The zero-order chi connectivity index (χ0) is 8.27. The van der Waals surface area contributed by atoms with Crippen LogP contribution in [0.4, 0.5) is 5.82 Å². The Balaban J connectivity index is 3.00. The summed E-state index contributed by atoms with van der Waals surface area (Å²) in [5.41, 5.74) is 0.0793. The monoisotopic (exact) mass is 153 g/mol. The number of nitro groups is 1. The Morgan fingerprint density at radius 2 is 2.18 bits per heavy atom. The fourth-order valence-electron chi connectivity index (χ4n) is 0.486. The fraction of sp³-hybridized carbons (Fsp3) is 0. The largest absolute Gasteiger partial charge is 0.382 e. The van der Waals surface area contributed by atoms with Gasteiger partial charge in [0.25, 0.3) is 0 Å². The van der Waals surface area contributed by atoms with Gasteiger partial charge >= 0.3 is 5.82 Å². The lowest BCUT2D eigenvalue weighted by Crippen LogP contribution is -1.95. The van der Waals surface area contributed by atoms with Crippen LogP contribution in [0.25, 0.3) is 0 Å². The van der Waals surface area contributed by atoms with Crippen molar-refractivity contribution in [2.24, 2.45) is 0 Å². The zero-order valence-electron chi connectivity index (χ0n) is 5.30. The van der Waals surface area contributed by atoms with E-state index in [2.05, 4.69) is 9.97 Å². The summed E-state index contributed by atoms with van der Waals surface area (Å²) in [5, 5.41) is 10.0. The van der Waals surface area contributed by atoms with E-state index in [0.29, 0.717) is 6.29 Å². The Labute approximate surface area is 61.1 Å². The van der Waals surface area contributed by atoms with E-state index in [1.165, 1.54) is 0 Å². The molecule has 56 valence electrons. The van der Waals surface area contributed by atoms with E-state index in [9.17, 15) is 14.9 Å². The van der Waals surface area contributed by atoms with Crippen molar-refractivity contribution in [3.05, 3.63) is 28.2 Å². The van der Waals surface area contributed by atoms with Gasteiger partial charge in [-0.2, -0.15) is 0 Å². The van der Waals surface area contributed by atoms with Crippen molar-refractivity contribution in [1.29, 1.82) is 0 Å². The van der Waals surface area contributed by atoms with Crippen LogP contribution in [0.15, 0.2) is 12.4 Å². The van der Waals surface area contributed by atoms with Gasteiger partial charge in [-0.25, -0.2) is 4.98 Å². The molecule has 6 heteroatoms. The maximum Gasteiger partial charge on any atom is 0.382 e. The molecule has 0 atom stereocenters. The lowest BCUT2D eigenvalue weighted by atomic mass is 10.5. The molecule has 0 saturated carbocycles. The lowest BCUT2D eigenvalue weighted by Gasteiger charge is -1.88. The average molecular weight is 153 g/mol. The molecule has 1 rings (SSSR count). The third-order valence-corrected chi connectivity index (χ3v) is 0.966. The Morgan fingerprint density at radius 1 is 1.45 bits per heavy atom. The standard InChI is InChI=1S/C5H3N3O3/c9-3-4-1-7-5(2-6-4)8(10)11/h1-3H. The number of hydrogen-bond acceptors (Lipinski definition) is 5. The average Bonchev–Trinajstić information content (AvgIpc) is 2.05. The van der Waals surface area contributed by atoms with Gasteiger partial charge in [-0.3, -0.25) is 4.79 Å². The van der Waals surface area contributed by atoms with Crippen LogP contribution in [0.5, 0.6) is 0 Å². The number of nitrogens with zero attached hydrogens (tertiary/aromatic N) is 3. The van der Waals surface area contributed by atoms with E-state index in [1.54, 1.807) is 0 Å². The number of hydrogen-bond donors (Lipinski definition) is 0. The molecule has 1 aromatic heterocycles. The minimum absolute atomic E-state index is 0.0793. The van der Waals surface area contributed by atoms with Crippen molar-refractivity contribution in [2.75, 3.05) is 0 Å². The molecule has 11 heavy (non-hydrogen) atoms. The SMILES string of the molecule is O=Cc1cnc([N+](=O)[O-])cn1. The summed E-state index contributed by atoms with van der Waals surface area (Å²) in [6.45, 7) is 0. The highest BCUT2D eigenvalue weighted by molar-refractivity contribution is 5.70. The highest BCUT2D eigenvalue weighted by Gasteiger charge is 2.05. The minimum Gasteiger partial charge on any atom is -0.358 e.